The first-order chi connectivity index (χ1) is 15.7. The van der Waals surface area contributed by atoms with E-state index in [1.165, 1.54) is 0 Å². The molecule has 9 nitrogen and oxygen atoms in total. The number of fused-ring (bicyclic) bond motifs is 1. The van der Waals surface area contributed by atoms with Gasteiger partial charge in [-0.25, -0.2) is 4.98 Å². The van der Waals surface area contributed by atoms with Gasteiger partial charge in [-0.15, -0.1) is 0 Å². The molecule has 1 fully saturated rings. The minimum atomic E-state index is -0.116. The van der Waals surface area contributed by atoms with Crippen LogP contribution in [-0.4, -0.2) is 59.2 Å². The van der Waals surface area contributed by atoms with Crippen LogP contribution in [0, 0.1) is 0 Å². The Morgan fingerprint density at radius 2 is 2.00 bits per heavy atom. The van der Waals surface area contributed by atoms with Crippen molar-refractivity contribution in [2.45, 2.75) is 13.3 Å². The van der Waals surface area contributed by atoms with Crippen LogP contribution in [0.25, 0.3) is 22.4 Å². The fraction of sp³-hybridized carbons (Fsp3) is 0.304. The highest BCUT2D eigenvalue weighted by molar-refractivity contribution is 5.97. The number of para-hydroxylation sites is 1. The van der Waals surface area contributed by atoms with Gasteiger partial charge >= 0.3 is 0 Å². The van der Waals surface area contributed by atoms with E-state index in [-0.39, 0.29) is 5.91 Å². The van der Waals surface area contributed by atoms with Crippen molar-refractivity contribution in [3.63, 3.8) is 0 Å². The number of hydrogen-bond donors (Lipinski definition) is 0. The van der Waals surface area contributed by atoms with Gasteiger partial charge in [0.25, 0.3) is 5.91 Å². The van der Waals surface area contributed by atoms with E-state index in [9.17, 15) is 4.79 Å². The average Bonchev–Trinajstić information content (AvgIpc) is 3.51. The van der Waals surface area contributed by atoms with Crippen molar-refractivity contribution in [2.75, 3.05) is 38.2 Å². The Morgan fingerprint density at radius 1 is 1.16 bits per heavy atom. The molecule has 3 aromatic heterocycles. The zero-order valence-corrected chi connectivity index (χ0v) is 17.9. The number of ether oxygens (including phenoxy) is 1. The molecule has 0 N–H and O–H groups in total. The van der Waals surface area contributed by atoms with E-state index in [0.29, 0.717) is 61.4 Å². The lowest BCUT2D eigenvalue weighted by molar-refractivity contribution is 0.0716. The number of furan rings is 1. The number of hydrogen-bond acceptors (Lipinski definition) is 8. The third-order valence-corrected chi connectivity index (χ3v) is 5.61. The Morgan fingerprint density at radius 3 is 2.69 bits per heavy atom. The van der Waals surface area contributed by atoms with Crippen LogP contribution >= 0.6 is 0 Å². The zero-order chi connectivity index (χ0) is 22.1. The van der Waals surface area contributed by atoms with Crippen molar-refractivity contribution in [3.8, 4) is 17.1 Å². The first-order valence-electron chi connectivity index (χ1n) is 10.6. The second-order valence-electron chi connectivity index (χ2n) is 7.54. The number of aryl methyl sites for hydroxylation is 1. The van der Waals surface area contributed by atoms with Crippen molar-refractivity contribution in [1.82, 2.24) is 20.0 Å². The van der Waals surface area contributed by atoms with Crippen LogP contribution in [0.1, 0.15) is 23.4 Å². The Hall–Kier alpha value is -3.88. The summed E-state index contributed by atoms with van der Waals surface area (Å²) in [5, 5.41) is 4.83. The lowest BCUT2D eigenvalue weighted by Crippen LogP contribution is -2.49. The number of piperazine rings is 1. The van der Waals surface area contributed by atoms with E-state index in [1.807, 2.05) is 37.3 Å². The van der Waals surface area contributed by atoms with Gasteiger partial charge in [-0.1, -0.05) is 24.2 Å². The molecule has 0 aliphatic carbocycles. The number of benzene rings is 1. The van der Waals surface area contributed by atoms with Crippen LogP contribution in [-0.2, 0) is 6.42 Å². The number of methoxy groups -OCH3 is 1. The molecule has 0 atom stereocenters. The monoisotopic (exact) mass is 433 g/mol. The Balaban J connectivity index is 1.24. The summed E-state index contributed by atoms with van der Waals surface area (Å²) in [5.74, 6) is 2.83. The van der Waals surface area contributed by atoms with Gasteiger partial charge < -0.3 is 23.5 Å². The van der Waals surface area contributed by atoms with Crippen LogP contribution in [0.2, 0.25) is 0 Å². The van der Waals surface area contributed by atoms with Crippen LogP contribution in [0.3, 0.4) is 0 Å². The summed E-state index contributed by atoms with van der Waals surface area (Å²) in [6, 6.07) is 11.3. The molecule has 9 heteroatoms. The molecular formula is C23H23N5O4. The number of rotatable bonds is 5. The van der Waals surface area contributed by atoms with Gasteiger partial charge in [0.1, 0.15) is 5.82 Å². The molecule has 1 saturated heterocycles. The summed E-state index contributed by atoms with van der Waals surface area (Å²) < 4.78 is 16.3. The van der Waals surface area contributed by atoms with E-state index < -0.39 is 0 Å². The van der Waals surface area contributed by atoms with E-state index in [1.54, 1.807) is 24.3 Å². The third-order valence-electron chi connectivity index (χ3n) is 5.61. The number of anilines is 1. The summed E-state index contributed by atoms with van der Waals surface area (Å²) in [6.07, 6.45) is 2.45. The van der Waals surface area contributed by atoms with Crippen molar-refractivity contribution in [1.29, 1.82) is 0 Å². The molecule has 0 bridgehead atoms. The summed E-state index contributed by atoms with van der Waals surface area (Å²) in [4.78, 5) is 25.8. The van der Waals surface area contributed by atoms with Gasteiger partial charge in [-0.3, -0.25) is 4.79 Å². The first kappa shape index (κ1) is 20.0. The zero-order valence-electron chi connectivity index (χ0n) is 17.9. The number of pyridine rings is 1. The minimum Gasteiger partial charge on any atom is -0.493 e. The molecule has 1 aliphatic heterocycles. The number of aromatic nitrogens is 3. The van der Waals surface area contributed by atoms with Crippen molar-refractivity contribution >= 4 is 22.7 Å². The second-order valence-corrected chi connectivity index (χ2v) is 7.54. The van der Waals surface area contributed by atoms with Crippen molar-refractivity contribution < 1.29 is 18.5 Å². The first-order valence-corrected chi connectivity index (χ1v) is 10.6. The SMILES string of the molecule is CCc1nc(-c2ccc(N3CCN(C(=O)c4cc5cccc(OC)c5o4)CC3)nc2)no1. The lowest BCUT2D eigenvalue weighted by atomic mass is 10.2. The predicted octanol–water partition coefficient (Wildman–Crippen LogP) is 3.41. The minimum absolute atomic E-state index is 0.116. The largest absolute Gasteiger partial charge is 0.493 e. The van der Waals surface area contributed by atoms with E-state index in [2.05, 4.69) is 20.0 Å². The maximum Gasteiger partial charge on any atom is 0.289 e. The Bertz CT molecular complexity index is 1240. The van der Waals surface area contributed by atoms with Gasteiger partial charge in [-0.2, -0.15) is 4.98 Å². The molecule has 1 aromatic carbocycles. The summed E-state index contributed by atoms with van der Waals surface area (Å²) in [5.41, 5.74) is 1.40. The molecule has 164 valence electrons. The highest BCUT2D eigenvalue weighted by Gasteiger charge is 2.25. The number of nitrogens with zero attached hydrogens (tertiary/aromatic N) is 5. The molecule has 1 amide bonds. The topological polar surface area (TPSA) is 97.7 Å². The highest BCUT2D eigenvalue weighted by atomic mass is 16.5. The molecule has 0 radical (unpaired) electrons. The molecule has 0 unspecified atom stereocenters. The Labute approximate surface area is 184 Å². The van der Waals surface area contributed by atoms with Crippen LogP contribution in [0.4, 0.5) is 5.82 Å². The summed E-state index contributed by atoms with van der Waals surface area (Å²) in [6.45, 7) is 4.50. The molecule has 32 heavy (non-hydrogen) atoms. The standard InChI is InChI=1S/C23H23N5O4/c1-3-20-25-22(26-32-20)16-7-8-19(24-14-16)27-9-11-28(12-10-27)23(29)18-13-15-5-4-6-17(30-2)21(15)31-18/h4-8,13-14H,3,9-12H2,1-2H3. The van der Waals surface area contributed by atoms with E-state index in [4.69, 9.17) is 13.7 Å². The number of carbonyl (C=O) groups is 1. The summed E-state index contributed by atoms with van der Waals surface area (Å²) >= 11 is 0. The number of carbonyl (C=O) groups excluding carboxylic acids is 1. The normalized spacial score (nSPS) is 14.2. The lowest BCUT2D eigenvalue weighted by Gasteiger charge is -2.35. The molecule has 1 aliphatic rings. The highest BCUT2D eigenvalue weighted by Crippen LogP contribution is 2.29. The van der Waals surface area contributed by atoms with Crippen molar-refractivity contribution in [3.05, 3.63) is 54.2 Å². The van der Waals surface area contributed by atoms with Crippen LogP contribution in [0.15, 0.2) is 51.5 Å². The van der Waals surface area contributed by atoms with E-state index in [0.717, 1.165) is 16.8 Å². The predicted molar refractivity (Wildman–Crippen MR) is 118 cm³/mol. The summed E-state index contributed by atoms with van der Waals surface area (Å²) in [7, 11) is 1.59. The fourth-order valence-corrected chi connectivity index (χ4v) is 3.82. The van der Waals surface area contributed by atoms with E-state index >= 15 is 0 Å². The smallest absolute Gasteiger partial charge is 0.289 e. The van der Waals surface area contributed by atoms with Gasteiger partial charge in [0.15, 0.2) is 17.1 Å². The van der Waals surface area contributed by atoms with Gasteiger partial charge in [-0.05, 0) is 24.3 Å². The molecule has 4 aromatic rings. The maximum atomic E-state index is 13.0. The molecule has 0 spiro atoms. The fourth-order valence-electron chi connectivity index (χ4n) is 3.82. The average molecular weight is 433 g/mol. The van der Waals surface area contributed by atoms with Crippen LogP contribution in [0.5, 0.6) is 5.75 Å². The number of amides is 1. The van der Waals surface area contributed by atoms with Crippen LogP contribution < -0.4 is 9.64 Å². The van der Waals surface area contributed by atoms with Gasteiger partial charge in [0, 0.05) is 49.7 Å². The maximum absolute atomic E-state index is 13.0. The van der Waals surface area contributed by atoms with Crippen molar-refractivity contribution in [2.24, 2.45) is 0 Å². The van der Waals surface area contributed by atoms with Gasteiger partial charge in [0.05, 0.1) is 7.11 Å². The Kier molecular flexibility index (Phi) is 5.22. The second kappa shape index (κ2) is 8.33. The molecule has 4 heterocycles. The quantitative estimate of drug-likeness (QED) is 0.472. The molecule has 0 saturated carbocycles. The van der Waals surface area contributed by atoms with Gasteiger partial charge in [0.2, 0.25) is 11.7 Å². The molecule has 5 rings (SSSR count). The third kappa shape index (κ3) is 3.66. The molecular weight excluding hydrogens is 410 g/mol.